The van der Waals surface area contributed by atoms with E-state index in [4.69, 9.17) is 16.3 Å². The number of methoxy groups -OCH3 is 1. The van der Waals surface area contributed by atoms with E-state index in [0.29, 0.717) is 24.9 Å². The van der Waals surface area contributed by atoms with Crippen molar-refractivity contribution in [3.05, 3.63) is 23.2 Å². The lowest BCUT2D eigenvalue weighted by Crippen LogP contribution is -2.65. The van der Waals surface area contributed by atoms with Crippen LogP contribution in [-0.4, -0.2) is 43.5 Å². The van der Waals surface area contributed by atoms with E-state index in [1.165, 1.54) is 7.11 Å². The molecule has 22 heavy (non-hydrogen) atoms. The number of carbonyl (C=O) groups excluding carboxylic acids is 1. The molecule has 2 bridgehead atoms. The molecule has 1 aromatic rings. The normalized spacial score (nSPS) is 47.4. The van der Waals surface area contributed by atoms with Crippen molar-refractivity contribution in [2.24, 2.45) is 5.92 Å². The highest BCUT2D eigenvalue weighted by atomic mass is 16.5. The van der Waals surface area contributed by atoms with Crippen LogP contribution in [0.1, 0.15) is 37.2 Å². The smallest absolute Gasteiger partial charge is 0.174 e. The maximum Gasteiger partial charge on any atom is 0.174 e. The van der Waals surface area contributed by atoms with Crippen LogP contribution in [0.4, 0.5) is 0 Å². The van der Waals surface area contributed by atoms with Gasteiger partial charge in [0.25, 0.3) is 0 Å². The fraction of sp³-hybridized carbons (Fsp3) is 0.611. The number of benzene rings is 1. The number of likely N-dealkylation sites (tertiary alicyclic amines) is 1. The lowest BCUT2D eigenvalue weighted by atomic mass is 9.52. The molecule has 0 N–H and O–H groups in total. The Bertz CT molecular complexity index is 906. The summed E-state index contributed by atoms with van der Waals surface area (Å²) in [5, 5.41) is 0. The maximum absolute atomic E-state index is 12.9. The number of hydrogen-bond acceptors (Lipinski definition) is 4. The first-order valence-corrected chi connectivity index (χ1v) is 7.77. The highest BCUT2D eigenvalue weighted by molar-refractivity contribution is 5.89. The number of rotatable bonds is 1. The first-order valence-electron chi connectivity index (χ1n) is 10.3. The van der Waals surface area contributed by atoms with Crippen LogP contribution >= 0.6 is 0 Å². The van der Waals surface area contributed by atoms with Gasteiger partial charge in [0.15, 0.2) is 23.4 Å². The highest BCUT2D eigenvalue weighted by Gasteiger charge is 2.65. The molecule has 4 heteroatoms. The van der Waals surface area contributed by atoms with E-state index in [2.05, 4.69) is 0 Å². The molecule has 1 aromatic carbocycles. The summed E-state index contributed by atoms with van der Waals surface area (Å²) in [5.74, 6) is -0.438. The number of likely N-dealkylation sites (N-methyl/N-ethyl adjacent to an activating group) is 1. The van der Waals surface area contributed by atoms with Gasteiger partial charge in [0.2, 0.25) is 0 Å². The predicted octanol–water partition coefficient (Wildman–Crippen LogP) is 1.93. The van der Waals surface area contributed by atoms with Crippen molar-refractivity contribution < 1.29 is 21.1 Å². The Morgan fingerprint density at radius 2 is 2.45 bits per heavy atom. The van der Waals surface area contributed by atoms with Crippen LogP contribution in [0.2, 0.25) is 0 Å². The zero-order valence-corrected chi connectivity index (χ0v) is 12.7. The van der Waals surface area contributed by atoms with E-state index < -0.39 is 23.9 Å². The van der Waals surface area contributed by atoms with Gasteiger partial charge in [-0.3, -0.25) is 4.79 Å². The first-order chi connectivity index (χ1) is 12.6. The van der Waals surface area contributed by atoms with Gasteiger partial charge in [0.05, 0.1) is 11.2 Å². The van der Waals surface area contributed by atoms with Gasteiger partial charge >= 0.3 is 0 Å². The summed E-state index contributed by atoms with van der Waals surface area (Å²) in [4.78, 5) is 14.8. The van der Waals surface area contributed by atoms with Crippen LogP contribution in [0.25, 0.3) is 0 Å². The minimum atomic E-state index is -1.89. The largest absolute Gasteiger partial charge is 0.493 e. The molecule has 0 aromatic heterocycles. The zero-order chi connectivity index (χ0) is 19.5. The van der Waals surface area contributed by atoms with Gasteiger partial charge in [-0.15, -0.1) is 0 Å². The van der Waals surface area contributed by atoms with Crippen LogP contribution in [0, 0.1) is 5.92 Å². The lowest BCUT2D eigenvalue weighted by molar-refractivity contribution is -0.138. The predicted molar refractivity (Wildman–Crippen MR) is 81.6 cm³/mol. The Morgan fingerprint density at radius 3 is 3.27 bits per heavy atom. The van der Waals surface area contributed by atoms with E-state index in [-0.39, 0.29) is 47.3 Å². The third-order valence-electron chi connectivity index (χ3n) is 5.82. The van der Waals surface area contributed by atoms with Gasteiger partial charge in [-0.2, -0.15) is 0 Å². The standard InChI is InChI=1S/C18H21NO3/c1-19-8-7-18-11-4-5-13(20)17(18)22-16-14(21-2)6-3-10(15(16)18)9-12(11)19/h3,6,11-12,17H,4-5,7-9H2,1-2H3/t11-,12+,17?,18-/m0/s1/i3D,6D,9D2,17D. The summed E-state index contributed by atoms with van der Waals surface area (Å²) in [6.45, 7) is 0.537. The first kappa shape index (κ1) is 8.92. The van der Waals surface area contributed by atoms with E-state index in [1.807, 2.05) is 11.9 Å². The molecule has 2 aliphatic heterocycles. The third kappa shape index (κ3) is 1.27. The van der Waals surface area contributed by atoms with E-state index in [0.717, 1.165) is 0 Å². The lowest BCUT2D eigenvalue weighted by Gasteiger charge is -2.57. The zero-order valence-electron chi connectivity index (χ0n) is 17.7. The Balaban J connectivity index is 1.98. The molecule has 1 saturated heterocycles. The van der Waals surface area contributed by atoms with Crippen molar-refractivity contribution in [2.45, 2.75) is 43.2 Å². The second-order valence-corrected chi connectivity index (χ2v) is 6.65. The second-order valence-electron chi connectivity index (χ2n) is 6.65. The van der Waals surface area contributed by atoms with Crippen LogP contribution < -0.4 is 9.47 Å². The molecule has 4 nitrogen and oxygen atoms in total. The molecular formula is C18H21NO3. The van der Waals surface area contributed by atoms with Crippen molar-refractivity contribution in [1.82, 2.24) is 4.90 Å². The summed E-state index contributed by atoms with van der Waals surface area (Å²) in [5.41, 5.74) is -0.463. The number of ketones is 1. The van der Waals surface area contributed by atoms with E-state index in [1.54, 1.807) is 0 Å². The highest BCUT2D eigenvalue weighted by Crippen LogP contribution is 2.62. The molecule has 1 unspecified atom stereocenters. The third-order valence-corrected chi connectivity index (χ3v) is 5.82. The molecule has 2 aliphatic carbocycles. The Hall–Kier alpha value is -1.55. The van der Waals surface area contributed by atoms with Crippen molar-refractivity contribution in [3.63, 3.8) is 0 Å². The molecular weight excluding hydrogens is 278 g/mol. The van der Waals surface area contributed by atoms with Crippen molar-refractivity contribution >= 4 is 5.78 Å². The molecule has 0 amide bonds. The van der Waals surface area contributed by atoms with Crippen molar-refractivity contribution in [1.29, 1.82) is 0 Å². The average Bonchev–Trinajstić information content (AvgIpc) is 2.86. The summed E-state index contributed by atoms with van der Waals surface area (Å²) < 4.78 is 55.0. The van der Waals surface area contributed by atoms with Crippen LogP contribution in [0.15, 0.2) is 12.1 Å². The SMILES string of the molecule is [2H]c1c([2H])c2c3c(c1OC)OC1([2H])C(=O)CC[C@H]4[C@H](N(C)CC[C@@]341)C2([2H])[2H]. The van der Waals surface area contributed by atoms with Gasteiger partial charge in [-0.1, -0.05) is 6.04 Å². The second kappa shape index (κ2) is 4.05. The molecule has 116 valence electrons. The molecule has 2 heterocycles. The summed E-state index contributed by atoms with van der Waals surface area (Å²) in [6.07, 6.45) is -2.59. The van der Waals surface area contributed by atoms with Crippen molar-refractivity contribution in [3.8, 4) is 11.5 Å². The fourth-order valence-corrected chi connectivity index (χ4v) is 4.86. The molecule has 1 saturated carbocycles. The monoisotopic (exact) mass is 304 g/mol. The number of carbonyl (C=O) groups is 1. The maximum atomic E-state index is 12.9. The molecule has 5 rings (SSSR count). The fourth-order valence-electron chi connectivity index (χ4n) is 4.86. The topological polar surface area (TPSA) is 38.8 Å². The Kier molecular flexibility index (Phi) is 1.64. The average molecular weight is 304 g/mol. The minimum Gasteiger partial charge on any atom is -0.493 e. The van der Waals surface area contributed by atoms with Gasteiger partial charge in [-0.25, -0.2) is 0 Å². The number of piperidine rings is 1. The van der Waals surface area contributed by atoms with Crippen LogP contribution in [0.5, 0.6) is 11.5 Å². The van der Waals surface area contributed by atoms with Crippen LogP contribution in [-0.2, 0) is 16.6 Å². The van der Waals surface area contributed by atoms with Crippen LogP contribution in [0.3, 0.4) is 0 Å². The summed E-state index contributed by atoms with van der Waals surface area (Å²) in [7, 11) is 3.22. The molecule has 4 atom stereocenters. The van der Waals surface area contributed by atoms with Crippen molar-refractivity contribution in [2.75, 3.05) is 20.7 Å². The molecule has 4 aliphatic rings. The van der Waals surface area contributed by atoms with Gasteiger partial charge in [0, 0.05) is 26.2 Å². The number of ether oxygens (including phenoxy) is 2. The minimum absolute atomic E-state index is 0.0221. The summed E-state index contributed by atoms with van der Waals surface area (Å²) in [6, 6.07) is -1.07. The van der Waals surface area contributed by atoms with Gasteiger partial charge in [-0.05, 0) is 50.3 Å². The van der Waals surface area contributed by atoms with Gasteiger partial charge in [0.1, 0.15) is 0 Å². The Labute approximate surface area is 137 Å². The Morgan fingerprint density at radius 1 is 1.59 bits per heavy atom. The number of Topliss-reactive ketones (excluding diaryl/α,β-unsaturated/α-hetero) is 1. The van der Waals surface area contributed by atoms with E-state index in [9.17, 15) is 4.79 Å². The number of hydrogen-bond donors (Lipinski definition) is 0. The molecule has 1 spiro atoms. The number of nitrogens with zero attached hydrogens (tertiary/aromatic N) is 1. The molecule has 0 radical (unpaired) electrons. The molecule has 2 fully saturated rings. The van der Waals surface area contributed by atoms with Gasteiger partial charge < -0.3 is 14.4 Å². The quantitative estimate of drug-likeness (QED) is 0.795. The summed E-state index contributed by atoms with van der Waals surface area (Å²) >= 11 is 0. The van der Waals surface area contributed by atoms with E-state index >= 15 is 0 Å².